The quantitative estimate of drug-likeness (QED) is 0.914. The lowest BCUT2D eigenvalue weighted by molar-refractivity contribution is 0.346. The van der Waals surface area contributed by atoms with Crippen LogP contribution < -0.4 is 5.32 Å². The Morgan fingerprint density at radius 2 is 2.00 bits per heavy atom. The summed E-state index contributed by atoms with van der Waals surface area (Å²) in [6.07, 6.45) is 3.85. The van der Waals surface area contributed by atoms with Gasteiger partial charge in [-0.2, -0.15) is 0 Å². The summed E-state index contributed by atoms with van der Waals surface area (Å²) in [7, 11) is 0. The van der Waals surface area contributed by atoms with Crippen LogP contribution in [0.5, 0.6) is 0 Å². The van der Waals surface area contributed by atoms with E-state index < -0.39 is 0 Å². The molecule has 82 valence electrons. The molecule has 0 unspecified atom stereocenters. The lowest BCUT2D eigenvalue weighted by Gasteiger charge is -2.29. The van der Waals surface area contributed by atoms with Crippen molar-refractivity contribution in [1.29, 1.82) is 0 Å². The fraction of sp³-hybridized carbons (Fsp3) is 0.250. The predicted molar refractivity (Wildman–Crippen MR) is 67.3 cm³/mol. The average molecular weight is 278 g/mol. The minimum Gasteiger partial charge on any atom is -0.325 e. The molecule has 1 saturated heterocycles. The molecule has 1 aliphatic heterocycles. The van der Waals surface area contributed by atoms with Crippen molar-refractivity contribution in [3.63, 3.8) is 0 Å². The highest BCUT2D eigenvalue weighted by Gasteiger charge is 2.20. The molecule has 1 aromatic carbocycles. The minimum absolute atomic E-state index is 0.557. The molecular weight excluding hydrogens is 266 g/mol. The van der Waals surface area contributed by atoms with Gasteiger partial charge in [0.25, 0.3) is 0 Å². The van der Waals surface area contributed by atoms with E-state index in [1.165, 1.54) is 11.3 Å². The number of nitrogens with zero attached hydrogens (tertiary/aromatic N) is 2. The number of halogens is 1. The Labute approximate surface area is 103 Å². The zero-order chi connectivity index (χ0) is 11.0. The average Bonchev–Trinajstić information content (AvgIpc) is 2.65. The summed E-state index contributed by atoms with van der Waals surface area (Å²) in [6.45, 7) is 2.08. The molecule has 0 spiro atoms. The third kappa shape index (κ3) is 1.68. The fourth-order valence-electron chi connectivity index (χ4n) is 1.91. The second kappa shape index (κ2) is 4.03. The molecule has 1 fully saturated rings. The van der Waals surface area contributed by atoms with Crippen molar-refractivity contribution in [1.82, 2.24) is 14.9 Å². The largest absolute Gasteiger partial charge is 0.325 e. The zero-order valence-electron chi connectivity index (χ0n) is 8.73. The van der Waals surface area contributed by atoms with Gasteiger partial charge in [-0.1, -0.05) is 28.1 Å². The Kier molecular flexibility index (Phi) is 2.53. The Morgan fingerprint density at radius 3 is 2.62 bits per heavy atom. The molecule has 0 radical (unpaired) electrons. The summed E-state index contributed by atoms with van der Waals surface area (Å²) in [4.78, 5) is 4.25. The summed E-state index contributed by atoms with van der Waals surface area (Å²) >= 11 is 3.45. The van der Waals surface area contributed by atoms with E-state index in [0.29, 0.717) is 6.04 Å². The third-order valence-corrected chi connectivity index (χ3v) is 3.49. The van der Waals surface area contributed by atoms with E-state index in [2.05, 4.69) is 55.1 Å². The van der Waals surface area contributed by atoms with Crippen molar-refractivity contribution >= 4 is 15.9 Å². The van der Waals surface area contributed by atoms with Crippen LogP contribution in [0.3, 0.4) is 0 Å². The smallest absolute Gasteiger partial charge is 0.0954 e. The zero-order valence-corrected chi connectivity index (χ0v) is 10.3. The number of hydrogen-bond acceptors (Lipinski definition) is 2. The standard InChI is InChI=1S/C12H12BrN3/c13-10-3-1-9(2-4-10)12-7-15-8-16(12)11-5-14-6-11/h1-4,7-8,11,14H,5-6H2. The van der Waals surface area contributed by atoms with Gasteiger partial charge in [-0.15, -0.1) is 0 Å². The molecule has 16 heavy (non-hydrogen) atoms. The van der Waals surface area contributed by atoms with Crippen molar-refractivity contribution in [2.24, 2.45) is 0 Å². The minimum atomic E-state index is 0.557. The van der Waals surface area contributed by atoms with Crippen molar-refractivity contribution in [2.75, 3.05) is 13.1 Å². The van der Waals surface area contributed by atoms with Gasteiger partial charge in [-0.05, 0) is 17.7 Å². The van der Waals surface area contributed by atoms with Crippen LogP contribution in [0, 0.1) is 0 Å². The van der Waals surface area contributed by atoms with Crippen molar-refractivity contribution < 1.29 is 0 Å². The molecule has 0 amide bonds. The summed E-state index contributed by atoms with van der Waals surface area (Å²) in [5.74, 6) is 0. The number of aromatic nitrogens is 2. The summed E-state index contributed by atoms with van der Waals surface area (Å²) in [5.41, 5.74) is 2.41. The second-order valence-corrected chi connectivity index (χ2v) is 4.92. The SMILES string of the molecule is Brc1ccc(-c2cncn2C2CNC2)cc1. The molecule has 2 aromatic rings. The first-order valence-corrected chi connectivity index (χ1v) is 6.12. The van der Waals surface area contributed by atoms with E-state index in [0.717, 1.165) is 17.6 Å². The normalized spacial score (nSPS) is 16.1. The van der Waals surface area contributed by atoms with Crippen molar-refractivity contribution in [2.45, 2.75) is 6.04 Å². The lowest BCUT2D eigenvalue weighted by Crippen LogP contribution is -2.43. The molecular formula is C12H12BrN3. The van der Waals surface area contributed by atoms with Crippen molar-refractivity contribution in [3.8, 4) is 11.3 Å². The van der Waals surface area contributed by atoms with E-state index in [4.69, 9.17) is 0 Å². The monoisotopic (exact) mass is 277 g/mol. The summed E-state index contributed by atoms with van der Waals surface area (Å²) in [6, 6.07) is 8.91. The van der Waals surface area contributed by atoms with Gasteiger partial charge in [0.1, 0.15) is 0 Å². The molecule has 3 nitrogen and oxygen atoms in total. The highest BCUT2D eigenvalue weighted by molar-refractivity contribution is 9.10. The Morgan fingerprint density at radius 1 is 1.25 bits per heavy atom. The van der Waals surface area contributed by atoms with Gasteiger partial charge in [-0.3, -0.25) is 0 Å². The van der Waals surface area contributed by atoms with E-state index in [1.54, 1.807) is 0 Å². The first-order valence-electron chi connectivity index (χ1n) is 5.33. The van der Waals surface area contributed by atoms with Crippen LogP contribution in [0.1, 0.15) is 6.04 Å². The number of nitrogens with one attached hydrogen (secondary N) is 1. The summed E-state index contributed by atoms with van der Waals surface area (Å²) < 4.78 is 3.35. The number of benzene rings is 1. The van der Waals surface area contributed by atoms with E-state index in [-0.39, 0.29) is 0 Å². The van der Waals surface area contributed by atoms with Crippen LogP contribution in [-0.4, -0.2) is 22.6 Å². The topological polar surface area (TPSA) is 29.9 Å². The number of hydrogen-bond donors (Lipinski definition) is 1. The van der Waals surface area contributed by atoms with Crippen LogP contribution in [0.2, 0.25) is 0 Å². The molecule has 0 saturated carbocycles. The maximum absolute atomic E-state index is 4.25. The van der Waals surface area contributed by atoms with Crippen LogP contribution in [-0.2, 0) is 0 Å². The van der Waals surface area contributed by atoms with Gasteiger partial charge in [-0.25, -0.2) is 4.98 Å². The highest BCUT2D eigenvalue weighted by atomic mass is 79.9. The molecule has 0 atom stereocenters. The van der Waals surface area contributed by atoms with Gasteiger partial charge in [0, 0.05) is 17.6 Å². The molecule has 1 N–H and O–H groups in total. The maximum Gasteiger partial charge on any atom is 0.0954 e. The van der Waals surface area contributed by atoms with Gasteiger partial charge in [0.05, 0.1) is 24.3 Å². The Balaban J connectivity index is 1.99. The van der Waals surface area contributed by atoms with Crippen molar-refractivity contribution in [3.05, 3.63) is 41.3 Å². The molecule has 1 aliphatic rings. The van der Waals surface area contributed by atoms with Crippen LogP contribution in [0.4, 0.5) is 0 Å². The molecule has 4 heteroatoms. The van der Waals surface area contributed by atoms with Crippen LogP contribution in [0.25, 0.3) is 11.3 Å². The van der Waals surface area contributed by atoms with Gasteiger partial charge in [0.15, 0.2) is 0 Å². The second-order valence-electron chi connectivity index (χ2n) is 4.01. The van der Waals surface area contributed by atoms with Gasteiger partial charge in [0.2, 0.25) is 0 Å². The maximum atomic E-state index is 4.25. The molecule has 0 aliphatic carbocycles. The molecule has 1 aromatic heterocycles. The number of imidazole rings is 1. The van der Waals surface area contributed by atoms with Gasteiger partial charge >= 0.3 is 0 Å². The fourth-order valence-corrected chi connectivity index (χ4v) is 2.17. The lowest BCUT2D eigenvalue weighted by atomic mass is 10.1. The molecule has 2 heterocycles. The van der Waals surface area contributed by atoms with E-state index in [1.807, 2.05) is 12.5 Å². The Bertz CT molecular complexity index is 485. The van der Waals surface area contributed by atoms with E-state index in [9.17, 15) is 0 Å². The highest BCUT2D eigenvalue weighted by Crippen LogP contribution is 2.25. The molecule has 3 rings (SSSR count). The number of rotatable bonds is 2. The Hall–Kier alpha value is -1.13. The van der Waals surface area contributed by atoms with Gasteiger partial charge < -0.3 is 9.88 Å². The predicted octanol–water partition coefficient (Wildman–Crippen LogP) is 2.46. The van der Waals surface area contributed by atoms with Crippen LogP contribution >= 0.6 is 15.9 Å². The van der Waals surface area contributed by atoms with E-state index >= 15 is 0 Å². The first-order chi connectivity index (χ1) is 7.84. The van der Waals surface area contributed by atoms with Crippen LogP contribution in [0.15, 0.2) is 41.3 Å². The molecule has 0 bridgehead atoms. The first kappa shape index (κ1) is 10.1. The third-order valence-electron chi connectivity index (χ3n) is 2.96. The summed E-state index contributed by atoms with van der Waals surface area (Å²) in [5, 5.41) is 3.28.